The molecular formula is C16H11LiO3S. The van der Waals surface area contributed by atoms with Crippen LogP contribution in [0.3, 0.4) is 0 Å². The zero-order chi connectivity index (χ0) is 14.3. The maximum absolute atomic E-state index is 11.6. The Kier molecular flexibility index (Phi) is 4.27. The molecule has 21 heavy (non-hydrogen) atoms. The Morgan fingerprint density at radius 2 is 1.57 bits per heavy atom. The normalized spacial score (nSPS) is 11.3. The Hall–Kier alpha value is -1.57. The molecule has 0 amide bonds. The predicted octanol–water partition coefficient (Wildman–Crippen LogP) is 0.544. The van der Waals surface area contributed by atoms with Crippen molar-refractivity contribution < 1.29 is 31.8 Å². The topological polar surface area (TPSA) is 57.2 Å². The molecule has 0 fully saturated rings. The van der Waals surface area contributed by atoms with Gasteiger partial charge in [-0.2, -0.15) is 0 Å². The summed E-state index contributed by atoms with van der Waals surface area (Å²) < 4.78 is 34.7. The van der Waals surface area contributed by atoms with Crippen molar-refractivity contribution >= 4 is 37.7 Å². The van der Waals surface area contributed by atoms with Gasteiger partial charge < -0.3 is 4.55 Å². The Morgan fingerprint density at radius 3 is 2.14 bits per heavy atom. The summed E-state index contributed by atoms with van der Waals surface area (Å²) in [5.41, 5.74) is 0.336. The summed E-state index contributed by atoms with van der Waals surface area (Å²) >= 11 is 0. The third kappa shape index (κ3) is 2.76. The van der Waals surface area contributed by atoms with E-state index in [0.717, 1.165) is 16.2 Å². The molecule has 0 N–H and O–H groups in total. The van der Waals surface area contributed by atoms with Gasteiger partial charge in [-0.3, -0.25) is 0 Å². The van der Waals surface area contributed by atoms with Crippen LogP contribution in [0.1, 0.15) is 5.56 Å². The summed E-state index contributed by atoms with van der Waals surface area (Å²) in [5, 5.41) is 3.06. The smallest absolute Gasteiger partial charge is 0.744 e. The van der Waals surface area contributed by atoms with Crippen LogP contribution in [0.25, 0.3) is 27.6 Å². The minimum absolute atomic E-state index is 0. The van der Waals surface area contributed by atoms with E-state index in [1.165, 1.54) is 6.08 Å². The second kappa shape index (κ2) is 5.67. The van der Waals surface area contributed by atoms with E-state index >= 15 is 0 Å². The molecular weight excluding hydrogens is 279 g/mol. The summed E-state index contributed by atoms with van der Waals surface area (Å²) in [7, 11) is -4.56. The standard InChI is InChI=1S/C16H12O3S.Li/c1-2-11-7-8-14-9-12-5-3-4-6-13(12)10-15(14)16(11)20(17,18)19;/h2-10H,1H2,(H,17,18,19);/q;+1/p-1. The van der Waals surface area contributed by atoms with E-state index in [4.69, 9.17) is 0 Å². The van der Waals surface area contributed by atoms with Crippen LogP contribution >= 0.6 is 0 Å². The number of hydrogen-bond acceptors (Lipinski definition) is 3. The number of rotatable bonds is 2. The Morgan fingerprint density at radius 1 is 0.952 bits per heavy atom. The molecule has 3 nitrogen and oxygen atoms in total. The Bertz CT molecular complexity index is 946. The molecule has 0 saturated heterocycles. The van der Waals surface area contributed by atoms with Gasteiger partial charge in [-0.15, -0.1) is 0 Å². The van der Waals surface area contributed by atoms with Gasteiger partial charge in [0.1, 0.15) is 10.1 Å². The first-order valence-electron chi connectivity index (χ1n) is 6.04. The van der Waals surface area contributed by atoms with Crippen LogP contribution in [0.4, 0.5) is 0 Å². The molecule has 3 aromatic carbocycles. The molecule has 0 unspecified atom stereocenters. The van der Waals surface area contributed by atoms with Crippen LogP contribution in [0.5, 0.6) is 0 Å². The second-order valence-corrected chi connectivity index (χ2v) is 5.88. The SMILES string of the molecule is C=Cc1ccc2cc3ccccc3cc2c1S(=O)(=O)[O-].[Li+]. The van der Waals surface area contributed by atoms with E-state index < -0.39 is 10.1 Å². The molecule has 3 rings (SSSR count). The molecule has 0 spiro atoms. The quantitative estimate of drug-likeness (QED) is 0.393. The van der Waals surface area contributed by atoms with Gasteiger partial charge in [0.25, 0.3) is 0 Å². The van der Waals surface area contributed by atoms with Crippen LogP contribution in [-0.4, -0.2) is 13.0 Å². The minimum Gasteiger partial charge on any atom is -0.744 e. The summed E-state index contributed by atoms with van der Waals surface area (Å²) in [5.74, 6) is 0. The molecule has 0 radical (unpaired) electrons. The molecule has 100 valence electrons. The van der Waals surface area contributed by atoms with Gasteiger partial charge >= 0.3 is 18.9 Å². The Labute approximate surface area is 135 Å². The average molecular weight is 290 g/mol. The van der Waals surface area contributed by atoms with Crippen LogP contribution in [-0.2, 0) is 10.1 Å². The minimum atomic E-state index is -4.56. The van der Waals surface area contributed by atoms with E-state index in [2.05, 4.69) is 6.58 Å². The first-order chi connectivity index (χ1) is 9.50. The van der Waals surface area contributed by atoms with Crippen molar-refractivity contribution in [2.24, 2.45) is 0 Å². The van der Waals surface area contributed by atoms with Crippen LogP contribution in [0, 0.1) is 0 Å². The van der Waals surface area contributed by atoms with Crippen LogP contribution in [0.15, 0.2) is 60.0 Å². The van der Waals surface area contributed by atoms with Gasteiger partial charge in [0, 0.05) is 5.39 Å². The summed E-state index contributed by atoms with van der Waals surface area (Å²) in [6.07, 6.45) is 1.39. The van der Waals surface area contributed by atoms with Crippen molar-refractivity contribution in [3.8, 4) is 0 Å². The maximum atomic E-state index is 11.6. The zero-order valence-corrected chi connectivity index (χ0v) is 12.4. The largest absolute Gasteiger partial charge is 1.00 e. The first-order valence-corrected chi connectivity index (χ1v) is 7.45. The van der Waals surface area contributed by atoms with Crippen molar-refractivity contribution in [1.82, 2.24) is 0 Å². The average Bonchev–Trinajstić information content (AvgIpc) is 2.42. The maximum Gasteiger partial charge on any atom is 1.00 e. The van der Waals surface area contributed by atoms with Crippen molar-refractivity contribution in [3.05, 3.63) is 60.7 Å². The van der Waals surface area contributed by atoms with Crippen molar-refractivity contribution in [3.63, 3.8) is 0 Å². The third-order valence-electron chi connectivity index (χ3n) is 3.34. The first kappa shape index (κ1) is 15.8. The van der Waals surface area contributed by atoms with Gasteiger partial charge in [-0.05, 0) is 33.9 Å². The molecule has 0 atom stereocenters. The summed E-state index contributed by atoms with van der Waals surface area (Å²) in [6, 6.07) is 14.6. The molecule has 0 bridgehead atoms. The van der Waals surface area contributed by atoms with Crippen molar-refractivity contribution in [2.75, 3.05) is 0 Å². The van der Waals surface area contributed by atoms with Crippen molar-refractivity contribution in [1.29, 1.82) is 0 Å². The molecule has 0 aromatic heterocycles. The van der Waals surface area contributed by atoms with Gasteiger partial charge in [0.15, 0.2) is 0 Å². The Balaban J connectivity index is 0.00000161. The molecule has 0 aliphatic rings. The van der Waals surface area contributed by atoms with E-state index in [1.807, 2.05) is 30.3 Å². The van der Waals surface area contributed by atoms with E-state index in [0.29, 0.717) is 10.9 Å². The van der Waals surface area contributed by atoms with Gasteiger partial charge in [0.05, 0.1) is 4.90 Å². The number of hydrogen-bond donors (Lipinski definition) is 0. The number of fused-ring (bicyclic) bond motifs is 2. The summed E-state index contributed by atoms with van der Waals surface area (Å²) in [6.45, 7) is 3.57. The molecule has 0 aliphatic heterocycles. The fourth-order valence-corrected chi connectivity index (χ4v) is 3.33. The fourth-order valence-electron chi connectivity index (χ4n) is 2.44. The third-order valence-corrected chi connectivity index (χ3v) is 4.29. The van der Waals surface area contributed by atoms with E-state index in [1.54, 1.807) is 18.2 Å². The predicted molar refractivity (Wildman–Crippen MR) is 79.5 cm³/mol. The van der Waals surface area contributed by atoms with Gasteiger partial charge in [-0.25, -0.2) is 8.42 Å². The van der Waals surface area contributed by atoms with Gasteiger partial charge in [0.2, 0.25) is 0 Å². The van der Waals surface area contributed by atoms with E-state index in [9.17, 15) is 13.0 Å². The van der Waals surface area contributed by atoms with Gasteiger partial charge in [-0.1, -0.05) is 49.1 Å². The van der Waals surface area contributed by atoms with Crippen molar-refractivity contribution in [2.45, 2.75) is 4.90 Å². The number of benzene rings is 3. The van der Waals surface area contributed by atoms with E-state index in [-0.39, 0.29) is 23.8 Å². The molecule has 0 aliphatic carbocycles. The monoisotopic (exact) mass is 290 g/mol. The van der Waals surface area contributed by atoms with Crippen LogP contribution < -0.4 is 18.9 Å². The molecule has 3 aromatic rings. The molecule has 5 heteroatoms. The molecule has 0 heterocycles. The van der Waals surface area contributed by atoms with Crippen LogP contribution in [0.2, 0.25) is 0 Å². The summed E-state index contributed by atoms with van der Waals surface area (Å²) in [4.78, 5) is -0.198. The second-order valence-electron chi connectivity index (χ2n) is 4.56. The zero-order valence-electron chi connectivity index (χ0n) is 11.5. The fraction of sp³-hybridized carbons (Fsp3) is 0. The molecule has 0 saturated carbocycles.